The van der Waals surface area contributed by atoms with Crippen LogP contribution in [0.15, 0.2) is 72.9 Å². The minimum atomic E-state index is -0.676. The molecule has 0 radical (unpaired) electrons. The Balaban J connectivity index is 1.88. The average molecular weight is 406 g/mol. The minimum Gasteiger partial charge on any atom is -0.382 e. The van der Waals surface area contributed by atoms with Crippen LogP contribution in [-0.4, -0.2) is 23.0 Å². The van der Waals surface area contributed by atoms with Gasteiger partial charge >= 0.3 is 0 Å². The van der Waals surface area contributed by atoms with Gasteiger partial charge in [0.15, 0.2) is 5.82 Å². The molecule has 0 saturated carbocycles. The SMILES string of the molecule is CNOCC=C(c1ccccc1)c1ccc2nc(N)c(-c3cc(F)cc(F)c3)n2c1. The average Bonchev–Trinajstić information content (AvgIpc) is 3.06. The number of benzene rings is 2. The number of imidazole rings is 1. The van der Waals surface area contributed by atoms with Gasteiger partial charge in [0.1, 0.15) is 17.3 Å². The van der Waals surface area contributed by atoms with Crippen molar-refractivity contribution in [2.75, 3.05) is 19.4 Å². The van der Waals surface area contributed by atoms with Crippen LogP contribution in [0.2, 0.25) is 0 Å². The molecule has 0 aliphatic heterocycles. The molecule has 3 N–H and O–H groups in total. The fraction of sp³-hybridized carbons (Fsp3) is 0.0870. The second-order valence-electron chi connectivity index (χ2n) is 6.65. The minimum absolute atomic E-state index is 0.195. The largest absolute Gasteiger partial charge is 0.382 e. The molecule has 0 aliphatic rings. The lowest BCUT2D eigenvalue weighted by Crippen LogP contribution is -2.07. The third-order valence-corrected chi connectivity index (χ3v) is 4.69. The molecule has 2 aromatic heterocycles. The van der Waals surface area contributed by atoms with Gasteiger partial charge < -0.3 is 5.73 Å². The van der Waals surface area contributed by atoms with E-state index in [1.165, 1.54) is 12.1 Å². The Morgan fingerprint density at radius 1 is 1.07 bits per heavy atom. The zero-order valence-corrected chi connectivity index (χ0v) is 16.3. The number of nitrogens with one attached hydrogen (secondary N) is 1. The Labute approximate surface area is 172 Å². The molecule has 2 heterocycles. The van der Waals surface area contributed by atoms with Gasteiger partial charge in [0.25, 0.3) is 0 Å². The van der Waals surface area contributed by atoms with E-state index in [1.54, 1.807) is 11.4 Å². The van der Waals surface area contributed by atoms with Crippen LogP contribution in [0, 0.1) is 11.6 Å². The Morgan fingerprint density at radius 3 is 2.50 bits per heavy atom. The monoisotopic (exact) mass is 406 g/mol. The van der Waals surface area contributed by atoms with Gasteiger partial charge in [0.05, 0.1) is 12.3 Å². The molecule has 4 aromatic rings. The Kier molecular flexibility index (Phi) is 5.56. The summed E-state index contributed by atoms with van der Waals surface area (Å²) in [5.74, 6) is -1.16. The van der Waals surface area contributed by atoms with Gasteiger partial charge in [-0.1, -0.05) is 30.3 Å². The first-order chi connectivity index (χ1) is 14.6. The smallest absolute Gasteiger partial charge is 0.150 e. The molecular formula is C23H20F2N4O. The molecule has 7 heteroatoms. The first kappa shape index (κ1) is 19.8. The highest BCUT2D eigenvalue weighted by Gasteiger charge is 2.15. The zero-order chi connectivity index (χ0) is 21.1. The quantitative estimate of drug-likeness (QED) is 0.367. The van der Waals surface area contributed by atoms with E-state index in [1.807, 2.05) is 54.7 Å². The molecule has 152 valence electrons. The third kappa shape index (κ3) is 3.94. The fourth-order valence-electron chi connectivity index (χ4n) is 3.43. The third-order valence-electron chi connectivity index (χ3n) is 4.69. The van der Waals surface area contributed by atoms with Crippen molar-refractivity contribution in [3.05, 3.63) is 95.7 Å². The van der Waals surface area contributed by atoms with Crippen molar-refractivity contribution in [1.29, 1.82) is 0 Å². The molecule has 0 fully saturated rings. The van der Waals surface area contributed by atoms with E-state index in [0.717, 1.165) is 22.8 Å². The van der Waals surface area contributed by atoms with Crippen molar-refractivity contribution in [2.24, 2.45) is 0 Å². The molecule has 0 spiro atoms. The van der Waals surface area contributed by atoms with Crippen LogP contribution in [0.3, 0.4) is 0 Å². The van der Waals surface area contributed by atoms with Crippen molar-refractivity contribution in [1.82, 2.24) is 14.9 Å². The summed E-state index contributed by atoms with van der Waals surface area (Å²) in [5, 5.41) is 0. The highest BCUT2D eigenvalue weighted by molar-refractivity contribution is 5.82. The number of hydrogen-bond donors (Lipinski definition) is 2. The number of rotatable bonds is 6. The molecule has 0 amide bonds. The number of hydroxylamine groups is 1. The van der Waals surface area contributed by atoms with Crippen LogP contribution in [0.4, 0.5) is 14.6 Å². The zero-order valence-electron chi connectivity index (χ0n) is 16.3. The molecule has 30 heavy (non-hydrogen) atoms. The molecular weight excluding hydrogens is 386 g/mol. The second kappa shape index (κ2) is 8.44. The number of nitrogen functional groups attached to an aromatic ring is 1. The van der Waals surface area contributed by atoms with Crippen LogP contribution in [0.25, 0.3) is 22.5 Å². The van der Waals surface area contributed by atoms with E-state index in [0.29, 0.717) is 23.5 Å². The maximum atomic E-state index is 13.8. The second-order valence-corrected chi connectivity index (χ2v) is 6.65. The van der Waals surface area contributed by atoms with Crippen LogP contribution in [0.5, 0.6) is 0 Å². The number of hydrogen-bond acceptors (Lipinski definition) is 4. The van der Waals surface area contributed by atoms with E-state index < -0.39 is 11.6 Å². The van der Waals surface area contributed by atoms with Crippen LogP contribution in [-0.2, 0) is 4.84 Å². The predicted molar refractivity (Wildman–Crippen MR) is 113 cm³/mol. The van der Waals surface area contributed by atoms with E-state index in [4.69, 9.17) is 10.6 Å². The van der Waals surface area contributed by atoms with Gasteiger partial charge in [-0.25, -0.2) is 19.2 Å². The number of aromatic nitrogens is 2. The molecule has 2 aromatic carbocycles. The summed E-state index contributed by atoms with van der Waals surface area (Å²) in [7, 11) is 1.70. The van der Waals surface area contributed by atoms with E-state index in [2.05, 4.69) is 10.5 Å². The first-order valence-corrected chi connectivity index (χ1v) is 9.35. The summed E-state index contributed by atoms with van der Waals surface area (Å²) < 4.78 is 29.4. The van der Waals surface area contributed by atoms with Gasteiger partial charge in [0, 0.05) is 24.9 Å². The fourth-order valence-corrected chi connectivity index (χ4v) is 3.43. The van der Waals surface area contributed by atoms with Crippen LogP contribution < -0.4 is 11.2 Å². The van der Waals surface area contributed by atoms with E-state index in [-0.39, 0.29) is 5.82 Å². The van der Waals surface area contributed by atoms with Crippen molar-refractivity contribution in [3.63, 3.8) is 0 Å². The van der Waals surface area contributed by atoms with Gasteiger partial charge in [-0.3, -0.25) is 9.24 Å². The number of fused-ring (bicyclic) bond motifs is 1. The summed E-state index contributed by atoms with van der Waals surface area (Å²) in [5.41, 5.74) is 12.9. The molecule has 0 atom stereocenters. The highest BCUT2D eigenvalue weighted by atomic mass is 19.1. The lowest BCUT2D eigenvalue weighted by atomic mass is 9.99. The molecule has 5 nitrogen and oxygen atoms in total. The predicted octanol–water partition coefficient (Wildman–Crippen LogP) is 4.44. The number of pyridine rings is 1. The van der Waals surface area contributed by atoms with E-state index in [9.17, 15) is 8.78 Å². The van der Waals surface area contributed by atoms with Gasteiger partial charge in [0.2, 0.25) is 0 Å². The summed E-state index contributed by atoms with van der Waals surface area (Å²) in [6.45, 7) is 0.354. The van der Waals surface area contributed by atoms with Crippen LogP contribution in [0.1, 0.15) is 11.1 Å². The maximum absolute atomic E-state index is 13.8. The summed E-state index contributed by atoms with van der Waals surface area (Å²) in [6, 6.07) is 16.9. The Bertz CT molecular complexity index is 1200. The van der Waals surface area contributed by atoms with Gasteiger partial charge in [-0.05, 0) is 47.0 Å². The summed E-state index contributed by atoms with van der Waals surface area (Å²) >= 11 is 0. The van der Waals surface area contributed by atoms with Gasteiger partial charge in [-0.15, -0.1) is 0 Å². The standard InChI is InChI=1S/C23H20F2N4O/c1-27-30-10-9-20(15-5-3-2-4-6-15)16-7-8-21-28-23(26)22(29(21)14-16)17-11-18(24)13-19(25)12-17/h2-9,11-14,27H,10,26H2,1H3. The summed E-state index contributed by atoms with van der Waals surface area (Å²) in [4.78, 5) is 9.61. The Morgan fingerprint density at radius 2 is 1.80 bits per heavy atom. The number of halogens is 2. The lowest BCUT2D eigenvalue weighted by Gasteiger charge is -2.11. The number of nitrogens with two attached hydrogens (primary N) is 1. The number of anilines is 1. The van der Waals surface area contributed by atoms with Crippen molar-refractivity contribution in [3.8, 4) is 11.3 Å². The molecule has 0 aliphatic carbocycles. The first-order valence-electron chi connectivity index (χ1n) is 9.35. The highest BCUT2D eigenvalue weighted by Crippen LogP contribution is 2.31. The molecule has 0 bridgehead atoms. The van der Waals surface area contributed by atoms with Gasteiger partial charge in [-0.2, -0.15) is 0 Å². The van der Waals surface area contributed by atoms with Crippen molar-refractivity contribution in [2.45, 2.75) is 0 Å². The Hall–Kier alpha value is -3.55. The maximum Gasteiger partial charge on any atom is 0.150 e. The number of nitrogens with zero attached hydrogens (tertiary/aromatic N) is 2. The normalized spacial score (nSPS) is 11.9. The van der Waals surface area contributed by atoms with Crippen LogP contribution >= 0.6 is 0 Å². The lowest BCUT2D eigenvalue weighted by molar-refractivity contribution is 0.0813. The van der Waals surface area contributed by atoms with E-state index >= 15 is 0 Å². The van der Waals surface area contributed by atoms with Crippen molar-refractivity contribution < 1.29 is 13.6 Å². The molecule has 0 unspecified atom stereocenters. The summed E-state index contributed by atoms with van der Waals surface area (Å²) in [6.07, 6.45) is 3.81. The molecule has 0 saturated heterocycles. The topological polar surface area (TPSA) is 64.6 Å². The molecule has 4 rings (SSSR count). The van der Waals surface area contributed by atoms with Crippen molar-refractivity contribution >= 4 is 17.0 Å².